The Morgan fingerprint density at radius 1 is 1.19 bits per heavy atom. The fraction of sp³-hybridized carbons (Fsp3) is 0.538. The Bertz CT molecular complexity index is 729. The Labute approximate surface area is 128 Å². The van der Waals surface area contributed by atoms with Crippen LogP contribution in [0.5, 0.6) is 0 Å². The quantitative estimate of drug-likeness (QED) is 0.835. The van der Waals surface area contributed by atoms with Gasteiger partial charge in [-0.3, -0.25) is 0 Å². The zero-order chi connectivity index (χ0) is 14.9. The lowest BCUT2D eigenvalue weighted by molar-refractivity contribution is 0.456. The molecule has 1 aromatic heterocycles. The molecule has 0 radical (unpaired) electrons. The third-order valence-electron chi connectivity index (χ3n) is 3.91. The molecule has 1 heterocycles. The van der Waals surface area contributed by atoms with E-state index in [2.05, 4.69) is 13.5 Å². The predicted octanol–water partition coefficient (Wildman–Crippen LogP) is 1.63. The first kappa shape index (κ1) is 14.8. The van der Waals surface area contributed by atoms with Crippen molar-refractivity contribution in [2.45, 2.75) is 49.1 Å². The molecule has 21 heavy (non-hydrogen) atoms. The highest BCUT2D eigenvalue weighted by Gasteiger charge is 2.27. The lowest BCUT2D eigenvalue weighted by Crippen LogP contribution is -2.46. The summed E-state index contributed by atoms with van der Waals surface area (Å²) in [7, 11) is -3.63. The highest BCUT2D eigenvalue weighted by atomic mass is 32.2. The summed E-state index contributed by atoms with van der Waals surface area (Å²) in [5, 5.41) is 0. The van der Waals surface area contributed by atoms with Crippen LogP contribution in [-0.2, 0) is 10.0 Å². The van der Waals surface area contributed by atoms with Crippen molar-refractivity contribution in [1.29, 1.82) is 0 Å². The maximum atomic E-state index is 12.6. The normalized spacial score (nSPS) is 24.0. The first-order valence-electron chi connectivity index (χ1n) is 7.07. The number of nitrogens with two attached hydrogens (primary N) is 1. The van der Waals surface area contributed by atoms with Crippen molar-refractivity contribution < 1.29 is 8.42 Å². The minimum absolute atomic E-state index is 0.130. The zero-order valence-corrected chi connectivity index (χ0v) is 13.2. The van der Waals surface area contributed by atoms with Crippen molar-refractivity contribution >= 4 is 32.8 Å². The average molecular weight is 326 g/mol. The van der Waals surface area contributed by atoms with E-state index in [-0.39, 0.29) is 17.0 Å². The number of rotatable bonds is 3. The number of nitrogens with zero attached hydrogens (tertiary/aromatic N) is 2. The van der Waals surface area contributed by atoms with Crippen molar-refractivity contribution in [2.75, 3.05) is 0 Å². The second-order valence-electron chi connectivity index (χ2n) is 5.42. The minimum atomic E-state index is -3.63. The van der Waals surface area contributed by atoms with E-state index in [0.29, 0.717) is 11.0 Å². The number of hydrogen-bond donors (Lipinski definition) is 2. The molecule has 114 valence electrons. The van der Waals surface area contributed by atoms with E-state index in [4.69, 9.17) is 5.73 Å². The Balaban J connectivity index is 1.91. The van der Waals surface area contributed by atoms with E-state index in [1.807, 2.05) is 0 Å². The van der Waals surface area contributed by atoms with Gasteiger partial charge in [-0.1, -0.05) is 25.3 Å². The van der Waals surface area contributed by atoms with Gasteiger partial charge < -0.3 is 5.73 Å². The Morgan fingerprint density at radius 3 is 2.86 bits per heavy atom. The van der Waals surface area contributed by atoms with Gasteiger partial charge in [0.1, 0.15) is 15.9 Å². The van der Waals surface area contributed by atoms with Crippen LogP contribution in [0.3, 0.4) is 0 Å². The van der Waals surface area contributed by atoms with Gasteiger partial charge in [0.25, 0.3) is 0 Å². The molecule has 1 saturated carbocycles. The number of benzene rings is 1. The number of hydrogen-bond acceptors (Lipinski definition) is 6. The van der Waals surface area contributed by atoms with Crippen molar-refractivity contribution in [3.8, 4) is 0 Å². The summed E-state index contributed by atoms with van der Waals surface area (Å²) in [6.07, 6.45) is 4.81. The predicted molar refractivity (Wildman–Crippen MR) is 82.6 cm³/mol. The van der Waals surface area contributed by atoms with Gasteiger partial charge in [0.15, 0.2) is 0 Å². The first-order chi connectivity index (χ1) is 10.1. The summed E-state index contributed by atoms with van der Waals surface area (Å²) < 4.78 is 36.2. The van der Waals surface area contributed by atoms with Crippen LogP contribution >= 0.6 is 11.7 Å². The molecular weight excluding hydrogens is 308 g/mol. The third kappa shape index (κ3) is 3.08. The van der Waals surface area contributed by atoms with Gasteiger partial charge >= 0.3 is 0 Å². The average Bonchev–Trinajstić information content (AvgIpc) is 2.85. The molecule has 0 bridgehead atoms. The summed E-state index contributed by atoms with van der Waals surface area (Å²) in [5.74, 6) is 0. The monoisotopic (exact) mass is 326 g/mol. The zero-order valence-electron chi connectivity index (χ0n) is 11.5. The summed E-state index contributed by atoms with van der Waals surface area (Å²) >= 11 is 1.02. The second-order valence-corrected chi connectivity index (χ2v) is 7.63. The van der Waals surface area contributed by atoms with Crippen LogP contribution in [0.25, 0.3) is 11.0 Å². The molecule has 0 amide bonds. The fourth-order valence-electron chi connectivity index (χ4n) is 2.74. The van der Waals surface area contributed by atoms with Crippen LogP contribution in [0.4, 0.5) is 0 Å². The third-order valence-corrected chi connectivity index (χ3v) is 5.98. The van der Waals surface area contributed by atoms with Gasteiger partial charge in [-0.2, -0.15) is 8.75 Å². The lowest BCUT2D eigenvalue weighted by atomic mass is 10.1. The molecule has 2 aromatic rings. The molecule has 8 heteroatoms. The molecule has 3 rings (SSSR count). The molecular formula is C13H18N4O2S2. The van der Waals surface area contributed by atoms with Crippen LogP contribution in [0.15, 0.2) is 23.1 Å². The highest BCUT2D eigenvalue weighted by Crippen LogP contribution is 2.23. The summed E-state index contributed by atoms with van der Waals surface area (Å²) in [5.41, 5.74) is 7.14. The van der Waals surface area contributed by atoms with Crippen LogP contribution in [0.2, 0.25) is 0 Å². The van der Waals surface area contributed by atoms with Gasteiger partial charge in [-0.25, -0.2) is 13.1 Å². The van der Waals surface area contributed by atoms with Gasteiger partial charge in [0.2, 0.25) is 10.0 Å². The Hall–Kier alpha value is -1.09. The number of nitrogens with one attached hydrogen (secondary N) is 1. The van der Waals surface area contributed by atoms with E-state index in [1.54, 1.807) is 18.2 Å². The number of sulfonamides is 1. The van der Waals surface area contributed by atoms with E-state index in [0.717, 1.165) is 43.8 Å². The first-order valence-corrected chi connectivity index (χ1v) is 9.28. The molecule has 1 aliphatic carbocycles. The van der Waals surface area contributed by atoms with Crippen molar-refractivity contribution in [3.63, 3.8) is 0 Å². The molecule has 1 fully saturated rings. The number of fused-ring (bicyclic) bond motifs is 1. The standard InChI is InChI=1S/C13H18N4O2S2/c14-9-5-2-1-3-6-10(9)17-21(18,19)12-8-4-7-11-13(12)16-20-15-11/h4,7-10,17H,1-3,5-6,14H2. The summed E-state index contributed by atoms with van der Waals surface area (Å²) in [6.45, 7) is 0. The molecule has 2 atom stereocenters. The molecule has 0 spiro atoms. The van der Waals surface area contributed by atoms with Gasteiger partial charge in [0.05, 0.1) is 11.7 Å². The van der Waals surface area contributed by atoms with Crippen LogP contribution in [-0.4, -0.2) is 29.2 Å². The smallest absolute Gasteiger partial charge is 0.243 e. The SMILES string of the molecule is NC1CCCCCC1NS(=O)(=O)c1cccc2nsnc12. The molecule has 6 nitrogen and oxygen atoms in total. The molecule has 2 unspecified atom stereocenters. The molecule has 1 aromatic carbocycles. The van der Waals surface area contributed by atoms with Crippen molar-refractivity contribution in [1.82, 2.24) is 13.5 Å². The molecule has 0 saturated heterocycles. The van der Waals surface area contributed by atoms with Gasteiger partial charge in [-0.15, -0.1) is 0 Å². The maximum absolute atomic E-state index is 12.6. The van der Waals surface area contributed by atoms with E-state index >= 15 is 0 Å². The number of aromatic nitrogens is 2. The molecule has 1 aliphatic rings. The van der Waals surface area contributed by atoms with Gasteiger partial charge in [-0.05, 0) is 25.0 Å². The molecule has 0 aliphatic heterocycles. The fourth-order valence-corrected chi connectivity index (χ4v) is 4.83. The Morgan fingerprint density at radius 2 is 2.00 bits per heavy atom. The Kier molecular flexibility index (Phi) is 4.21. The van der Waals surface area contributed by atoms with E-state index in [9.17, 15) is 8.42 Å². The van der Waals surface area contributed by atoms with Crippen LogP contribution in [0, 0.1) is 0 Å². The second kappa shape index (κ2) is 5.96. The van der Waals surface area contributed by atoms with Crippen LogP contribution in [0.1, 0.15) is 32.1 Å². The van der Waals surface area contributed by atoms with Crippen LogP contribution < -0.4 is 10.5 Å². The maximum Gasteiger partial charge on any atom is 0.243 e. The van der Waals surface area contributed by atoms with E-state index in [1.165, 1.54) is 0 Å². The largest absolute Gasteiger partial charge is 0.326 e. The minimum Gasteiger partial charge on any atom is -0.326 e. The summed E-state index contributed by atoms with van der Waals surface area (Å²) in [6, 6.07) is 4.67. The van der Waals surface area contributed by atoms with Crippen molar-refractivity contribution in [2.24, 2.45) is 5.73 Å². The highest BCUT2D eigenvalue weighted by molar-refractivity contribution is 7.89. The van der Waals surface area contributed by atoms with E-state index < -0.39 is 10.0 Å². The van der Waals surface area contributed by atoms with Crippen molar-refractivity contribution in [3.05, 3.63) is 18.2 Å². The molecule has 3 N–H and O–H groups in total. The topological polar surface area (TPSA) is 98.0 Å². The summed E-state index contributed by atoms with van der Waals surface area (Å²) in [4.78, 5) is 0.185. The lowest BCUT2D eigenvalue weighted by Gasteiger charge is -2.22. The van der Waals surface area contributed by atoms with Gasteiger partial charge in [0, 0.05) is 12.1 Å².